The Morgan fingerprint density at radius 3 is 3.10 bits per heavy atom. The van der Waals surface area contributed by atoms with Crippen LogP contribution in [0.2, 0.25) is 0 Å². The minimum Gasteiger partial charge on any atom is -0.300 e. The Kier molecular flexibility index (Phi) is 4.02. The molecule has 0 radical (unpaired) electrons. The van der Waals surface area contributed by atoms with Gasteiger partial charge in [-0.2, -0.15) is 0 Å². The van der Waals surface area contributed by atoms with Crippen LogP contribution < -0.4 is 5.32 Å². The Balaban J connectivity index is 1.69. The fourth-order valence-corrected chi connectivity index (χ4v) is 2.81. The highest BCUT2D eigenvalue weighted by Crippen LogP contribution is 2.26. The van der Waals surface area contributed by atoms with Crippen molar-refractivity contribution < 1.29 is 4.79 Å². The number of amides is 1. The van der Waals surface area contributed by atoms with Crippen LogP contribution in [-0.2, 0) is 11.3 Å². The van der Waals surface area contributed by atoms with Crippen molar-refractivity contribution in [1.82, 2.24) is 25.2 Å². The number of rotatable bonds is 4. The summed E-state index contributed by atoms with van der Waals surface area (Å²) in [5, 5.41) is 15.7. The third-order valence-electron chi connectivity index (χ3n) is 2.57. The minimum atomic E-state index is -0.225. The van der Waals surface area contributed by atoms with E-state index in [4.69, 9.17) is 0 Å². The molecule has 0 spiro atoms. The predicted octanol–water partition coefficient (Wildman–Crippen LogP) is 2.20. The number of carbonyl (C=O) groups is 1. The van der Waals surface area contributed by atoms with E-state index in [1.54, 1.807) is 0 Å². The third-order valence-corrected chi connectivity index (χ3v) is 3.82. The molecule has 0 aliphatic heterocycles. The first kappa shape index (κ1) is 13.8. The fraction of sp³-hybridized carbons (Fsp3) is 0.0833. The van der Waals surface area contributed by atoms with Crippen LogP contribution in [0.15, 0.2) is 40.4 Å². The number of carbonyl (C=O) groups excluding carboxylic acids is 1. The lowest BCUT2D eigenvalue weighted by Crippen LogP contribution is -2.19. The Morgan fingerprint density at radius 2 is 2.33 bits per heavy atom. The van der Waals surface area contributed by atoms with Crippen LogP contribution in [-0.4, -0.2) is 31.1 Å². The SMILES string of the molecule is O=C(Cn1cnnn1)Nc1nc(-c2cccc(Br)c2)cs1. The van der Waals surface area contributed by atoms with Crippen molar-refractivity contribution in [2.75, 3.05) is 5.32 Å². The Morgan fingerprint density at radius 1 is 1.43 bits per heavy atom. The highest BCUT2D eigenvalue weighted by atomic mass is 79.9. The second kappa shape index (κ2) is 6.10. The zero-order chi connectivity index (χ0) is 14.7. The zero-order valence-corrected chi connectivity index (χ0v) is 13.0. The van der Waals surface area contributed by atoms with E-state index in [2.05, 4.69) is 41.8 Å². The van der Waals surface area contributed by atoms with Gasteiger partial charge in [0.1, 0.15) is 12.9 Å². The van der Waals surface area contributed by atoms with Crippen LogP contribution in [0.1, 0.15) is 0 Å². The summed E-state index contributed by atoms with van der Waals surface area (Å²) in [4.78, 5) is 16.2. The highest BCUT2D eigenvalue weighted by molar-refractivity contribution is 9.10. The third kappa shape index (κ3) is 3.50. The summed E-state index contributed by atoms with van der Waals surface area (Å²) in [6.07, 6.45) is 1.38. The summed E-state index contributed by atoms with van der Waals surface area (Å²) < 4.78 is 2.33. The van der Waals surface area contributed by atoms with Crippen molar-refractivity contribution in [2.45, 2.75) is 6.54 Å². The number of hydrogen-bond acceptors (Lipinski definition) is 6. The molecule has 0 unspecified atom stereocenters. The van der Waals surface area contributed by atoms with E-state index in [1.807, 2.05) is 29.6 Å². The molecule has 3 rings (SSSR count). The maximum absolute atomic E-state index is 11.8. The Labute approximate surface area is 132 Å². The molecule has 0 atom stereocenters. The molecule has 2 aromatic heterocycles. The van der Waals surface area contributed by atoms with Crippen LogP contribution in [0.5, 0.6) is 0 Å². The molecular formula is C12H9BrN6OS. The summed E-state index contributed by atoms with van der Waals surface area (Å²) in [6.45, 7) is 0.0544. The molecule has 7 nitrogen and oxygen atoms in total. The quantitative estimate of drug-likeness (QED) is 0.766. The number of benzene rings is 1. The second-order valence-corrected chi connectivity index (χ2v) is 5.88. The molecule has 2 heterocycles. The van der Waals surface area contributed by atoms with Crippen molar-refractivity contribution in [3.63, 3.8) is 0 Å². The number of halogens is 1. The van der Waals surface area contributed by atoms with E-state index in [-0.39, 0.29) is 12.5 Å². The van der Waals surface area contributed by atoms with Gasteiger partial charge in [0.25, 0.3) is 0 Å². The smallest absolute Gasteiger partial charge is 0.248 e. The van der Waals surface area contributed by atoms with Gasteiger partial charge in [0.2, 0.25) is 5.91 Å². The topological polar surface area (TPSA) is 85.6 Å². The van der Waals surface area contributed by atoms with Gasteiger partial charge in [0.15, 0.2) is 5.13 Å². The number of aromatic nitrogens is 5. The van der Waals surface area contributed by atoms with Crippen LogP contribution in [0.4, 0.5) is 5.13 Å². The van der Waals surface area contributed by atoms with Gasteiger partial charge < -0.3 is 5.32 Å². The van der Waals surface area contributed by atoms with Crippen molar-refractivity contribution in [2.24, 2.45) is 0 Å². The molecule has 21 heavy (non-hydrogen) atoms. The number of nitrogens with one attached hydrogen (secondary N) is 1. The van der Waals surface area contributed by atoms with Gasteiger partial charge in [0.05, 0.1) is 5.69 Å². The van der Waals surface area contributed by atoms with Crippen molar-refractivity contribution in [1.29, 1.82) is 0 Å². The molecule has 0 bridgehead atoms. The van der Waals surface area contributed by atoms with Gasteiger partial charge in [0, 0.05) is 15.4 Å². The van der Waals surface area contributed by atoms with E-state index >= 15 is 0 Å². The maximum Gasteiger partial charge on any atom is 0.248 e. The van der Waals surface area contributed by atoms with Gasteiger partial charge in [-0.15, -0.1) is 16.4 Å². The Bertz CT molecular complexity index is 757. The van der Waals surface area contributed by atoms with E-state index in [9.17, 15) is 4.79 Å². The fourth-order valence-electron chi connectivity index (χ4n) is 1.67. The standard InChI is InChI=1S/C12H9BrN6OS/c13-9-3-1-2-8(4-9)10-6-21-12(15-10)16-11(20)5-19-7-14-17-18-19/h1-4,6-7H,5H2,(H,15,16,20). The van der Waals surface area contributed by atoms with Crippen molar-refractivity contribution >= 4 is 38.3 Å². The summed E-state index contributed by atoms with van der Waals surface area (Å²) >= 11 is 4.80. The molecule has 106 valence electrons. The van der Waals surface area contributed by atoms with Crippen molar-refractivity contribution in [3.8, 4) is 11.3 Å². The molecule has 1 amide bonds. The van der Waals surface area contributed by atoms with Crippen LogP contribution in [0.25, 0.3) is 11.3 Å². The first-order valence-electron chi connectivity index (χ1n) is 5.93. The highest BCUT2D eigenvalue weighted by Gasteiger charge is 2.09. The summed E-state index contributed by atoms with van der Waals surface area (Å²) in [6, 6.07) is 7.83. The molecule has 3 aromatic rings. The van der Waals surface area contributed by atoms with Gasteiger partial charge >= 0.3 is 0 Å². The summed E-state index contributed by atoms with van der Waals surface area (Å²) in [5.41, 5.74) is 1.81. The number of nitrogens with zero attached hydrogens (tertiary/aromatic N) is 5. The monoisotopic (exact) mass is 364 g/mol. The molecule has 0 saturated carbocycles. The van der Waals surface area contributed by atoms with Crippen LogP contribution >= 0.6 is 27.3 Å². The van der Waals surface area contributed by atoms with Gasteiger partial charge in [-0.25, -0.2) is 9.67 Å². The van der Waals surface area contributed by atoms with Gasteiger partial charge in [-0.3, -0.25) is 4.79 Å². The summed E-state index contributed by atoms with van der Waals surface area (Å²) in [7, 11) is 0. The van der Waals surface area contributed by atoms with Crippen molar-refractivity contribution in [3.05, 3.63) is 40.4 Å². The largest absolute Gasteiger partial charge is 0.300 e. The zero-order valence-electron chi connectivity index (χ0n) is 10.6. The lowest BCUT2D eigenvalue weighted by molar-refractivity contribution is -0.116. The molecule has 0 fully saturated rings. The van der Waals surface area contributed by atoms with Crippen LogP contribution in [0.3, 0.4) is 0 Å². The lowest BCUT2D eigenvalue weighted by atomic mass is 10.2. The lowest BCUT2D eigenvalue weighted by Gasteiger charge is -2.00. The molecule has 0 aliphatic rings. The van der Waals surface area contributed by atoms with Crippen LogP contribution in [0, 0.1) is 0 Å². The normalized spacial score (nSPS) is 10.5. The second-order valence-electron chi connectivity index (χ2n) is 4.10. The van der Waals surface area contributed by atoms with E-state index < -0.39 is 0 Å². The molecule has 1 aromatic carbocycles. The average Bonchev–Trinajstić information content (AvgIpc) is 3.10. The van der Waals surface area contributed by atoms with E-state index in [0.717, 1.165) is 15.7 Å². The number of anilines is 1. The number of tetrazole rings is 1. The predicted molar refractivity (Wildman–Crippen MR) is 81.7 cm³/mol. The summed E-state index contributed by atoms with van der Waals surface area (Å²) in [5.74, 6) is -0.225. The molecule has 1 N–H and O–H groups in total. The number of hydrogen-bond donors (Lipinski definition) is 1. The number of thiazole rings is 1. The molecule has 0 saturated heterocycles. The molecular weight excluding hydrogens is 356 g/mol. The Hall–Kier alpha value is -2.13. The van der Waals surface area contributed by atoms with E-state index in [0.29, 0.717) is 5.13 Å². The van der Waals surface area contributed by atoms with Gasteiger partial charge in [-0.1, -0.05) is 28.1 Å². The molecule has 0 aliphatic carbocycles. The first-order valence-corrected chi connectivity index (χ1v) is 7.60. The maximum atomic E-state index is 11.8. The minimum absolute atomic E-state index is 0.0544. The molecule has 9 heteroatoms. The van der Waals surface area contributed by atoms with E-state index in [1.165, 1.54) is 22.3 Å². The first-order chi connectivity index (χ1) is 10.2. The average molecular weight is 365 g/mol. The van der Waals surface area contributed by atoms with Gasteiger partial charge in [-0.05, 0) is 22.6 Å².